The van der Waals surface area contributed by atoms with E-state index in [4.69, 9.17) is 0 Å². The van der Waals surface area contributed by atoms with Crippen molar-refractivity contribution in [2.45, 2.75) is 26.8 Å². The molecule has 0 fully saturated rings. The van der Waals surface area contributed by atoms with Gasteiger partial charge in [-0.25, -0.2) is 0 Å². The molecule has 5 nitrogen and oxygen atoms in total. The minimum atomic E-state index is -0.477. The van der Waals surface area contributed by atoms with E-state index in [0.717, 1.165) is 11.1 Å². The Morgan fingerprint density at radius 2 is 1.77 bits per heavy atom. The van der Waals surface area contributed by atoms with Crippen molar-refractivity contribution in [3.05, 3.63) is 74.8 Å². The predicted octanol–water partition coefficient (Wildman–Crippen LogP) is 3.70. The number of nitro benzene ring substituents is 1. The maximum absolute atomic E-state index is 12.4. The summed E-state index contributed by atoms with van der Waals surface area (Å²) in [4.78, 5) is 22.8. The van der Waals surface area contributed by atoms with Gasteiger partial charge in [0, 0.05) is 17.2 Å². The average molecular weight is 298 g/mol. The van der Waals surface area contributed by atoms with Gasteiger partial charge in [0.2, 0.25) is 0 Å². The molecule has 114 valence electrons. The molecule has 1 N–H and O–H groups in total. The van der Waals surface area contributed by atoms with Crippen LogP contribution in [0, 0.1) is 24.0 Å². The van der Waals surface area contributed by atoms with Crippen molar-refractivity contribution in [3.8, 4) is 0 Å². The van der Waals surface area contributed by atoms with Gasteiger partial charge < -0.3 is 5.32 Å². The lowest BCUT2D eigenvalue weighted by Gasteiger charge is -2.15. The second kappa shape index (κ2) is 6.39. The summed E-state index contributed by atoms with van der Waals surface area (Å²) < 4.78 is 0. The predicted molar refractivity (Wildman–Crippen MR) is 84.9 cm³/mol. The zero-order valence-corrected chi connectivity index (χ0v) is 12.8. The van der Waals surface area contributed by atoms with Crippen LogP contribution in [0.3, 0.4) is 0 Å². The summed E-state index contributed by atoms with van der Waals surface area (Å²) >= 11 is 0. The van der Waals surface area contributed by atoms with Crippen LogP contribution in [0.2, 0.25) is 0 Å². The van der Waals surface area contributed by atoms with Crippen LogP contribution in [0.1, 0.15) is 40.0 Å². The Bertz CT molecular complexity index is 708. The maximum Gasteiger partial charge on any atom is 0.273 e. The number of nitrogens with one attached hydrogen (secondary N) is 1. The zero-order valence-electron chi connectivity index (χ0n) is 12.8. The van der Waals surface area contributed by atoms with Crippen LogP contribution in [-0.4, -0.2) is 10.8 Å². The molecule has 0 saturated heterocycles. The summed E-state index contributed by atoms with van der Waals surface area (Å²) in [6.07, 6.45) is 0. The molecule has 0 saturated carbocycles. The molecular formula is C17H18N2O3. The number of benzene rings is 2. The van der Waals surface area contributed by atoms with Crippen LogP contribution in [0.25, 0.3) is 0 Å². The van der Waals surface area contributed by atoms with Gasteiger partial charge in [0.15, 0.2) is 0 Å². The number of hydrogen-bond acceptors (Lipinski definition) is 3. The fraction of sp³-hybridized carbons (Fsp3) is 0.235. The number of nitrogens with zero attached hydrogens (tertiary/aromatic N) is 1. The standard InChI is InChI=1S/C17H18N2O3/c1-11-7-9-14(10-8-11)13(3)18-17(20)15-5-4-6-16(12(15)2)19(21)22/h4-10,13H,1-3H3,(H,18,20). The van der Waals surface area contributed by atoms with Gasteiger partial charge in [-0.05, 0) is 32.4 Å². The van der Waals surface area contributed by atoms with Crippen molar-refractivity contribution >= 4 is 11.6 Å². The van der Waals surface area contributed by atoms with Crippen molar-refractivity contribution in [1.82, 2.24) is 5.32 Å². The molecule has 0 heterocycles. The molecule has 1 unspecified atom stereocenters. The van der Waals surface area contributed by atoms with Crippen LogP contribution >= 0.6 is 0 Å². The highest BCUT2D eigenvalue weighted by Crippen LogP contribution is 2.22. The molecule has 0 bridgehead atoms. The van der Waals surface area contributed by atoms with Crippen LogP contribution < -0.4 is 5.32 Å². The normalized spacial score (nSPS) is 11.8. The van der Waals surface area contributed by atoms with Crippen molar-refractivity contribution in [3.63, 3.8) is 0 Å². The number of carbonyl (C=O) groups excluding carboxylic acids is 1. The lowest BCUT2D eigenvalue weighted by atomic mass is 10.0. The Balaban J connectivity index is 2.20. The first-order valence-corrected chi connectivity index (χ1v) is 7.01. The molecule has 0 radical (unpaired) electrons. The lowest BCUT2D eigenvalue weighted by Crippen LogP contribution is -2.27. The Morgan fingerprint density at radius 3 is 2.36 bits per heavy atom. The number of aryl methyl sites for hydroxylation is 1. The molecule has 0 aliphatic carbocycles. The molecule has 22 heavy (non-hydrogen) atoms. The fourth-order valence-corrected chi connectivity index (χ4v) is 2.28. The summed E-state index contributed by atoms with van der Waals surface area (Å²) in [5.41, 5.74) is 2.80. The molecule has 0 aliphatic rings. The van der Waals surface area contributed by atoms with E-state index < -0.39 is 4.92 Å². The highest BCUT2D eigenvalue weighted by Gasteiger charge is 2.19. The third kappa shape index (κ3) is 3.31. The van der Waals surface area contributed by atoms with Crippen molar-refractivity contribution in [2.75, 3.05) is 0 Å². The molecule has 1 amide bonds. The summed E-state index contributed by atoms with van der Waals surface area (Å²) in [5, 5.41) is 13.8. The number of carbonyl (C=O) groups is 1. The molecule has 5 heteroatoms. The van der Waals surface area contributed by atoms with Crippen LogP contribution in [0.5, 0.6) is 0 Å². The van der Waals surface area contributed by atoms with Crippen molar-refractivity contribution < 1.29 is 9.72 Å². The molecular weight excluding hydrogens is 280 g/mol. The summed E-state index contributed by atoms with van der Waals surface area (Å²) in [7, 11) is 0. The number of rotatable bonds is 4. The summed E-state index contributed by atoms with van der Waals surface area (Å²) in [6.45, 7) is 5.47. The van der Waals surface area contributed by atoms with E-state index >= 15 is 0 Å². The van der Waals surface area contributed by atoms with Gasteiger partial charge in [-0.15, -0.1) is 0 Å². The Labute approximate surface area is 129 Å². The van der Waals surface area contributed by atoms with E-state index in [0.29, 0.717) is 11.1 Å². The molecule has 2 rings (SSSR count). The third-order valence-corrected chi connectivity index (χ3v) is 3.67. The van der Waals surface area contributed by atoms with Crippen molar-refractivity contribution in [1.29, 1.82) is 0 Å². The average Bonchev–Trinajstić information content (AvgIpc) is 2.47. The zero-order chi connectivity index (χ0) is 16.3. The second-order valence-electron chi connectivity index (χ2n) is 5.31. The van der Waals surface area contributed by atoms with E-state index in [1.807, 2.05) is 38.1 Å². The summed E-state index contributed by atoms with van der Waals surface area (Å²) in [6, 6.07) is 12.2. The highest BCUT2D eigenvalue weighted by atomic mass is 16.6. The van der Waals surface area contributed by atoms with Gasteiger partial charge in [0.05, 0.1) is 11.0 Å². The van der Waals surface area contributed by atoms with Gasteiger partial charge in [-0.1, -0.05) is 35.9 Å². The monoisotopic (exact) mass is 298 g/mol. The van der Waals surface area contributed by atoms with E-state index in [9.17, 15) is 14.9 Å². The first kappa shape index (κ1) is 15.7. The van der Waals surface area contributed by atoms with Gasteiger partial charge >= 0.3 is 0 Å². The number of amides is 1. The topological polar surface area (TPSA) is 72.2 Å². The van der Waals surface area contributed by atoms with E-state index in [1.165, 1.54) is 12.1 Å². The van der Waals surface area contributed by atoms with Gasteiger partial charge in [0.25, 0.3) is 11.6 Å². The first-order valence-electron chi connectivity index (χ1n) is 7.01. The SMILES string of the molecule is Cc1ccc(C(C)NC(=O)c2cccc([N+](=O)[O-])c2C)cc1. The molecule has 1 atom stereocenters. The quantitative estimate of drug-likeness (QED) is 0.691. The van der Waals surface area contributed by atoms with Gasteiger partial charge in [-0.3, -0.25) is 14.9 Å². The van der Waals surface area contributed by atoms with Crippen LogP contribution in [0.4, 0.5) is 5.69 Å². The molecule has 2 aromatic carbocycles. The largest absolute Gasteiger partial charge is 0.346 e. The molecule has 0 aliphatic heterocycles. The van der Waals surface area contributed by atoms with E-state index in [2.05, 4.69) is 5.32 Å². The molecule has 0 aromatic heterocycles. The molecule has 0 spiro atoms. The Hall–Kier alpha value is -2.69. The number of hydrogen-bond donors (Lipinski definition) is 1. The van der Waals surface area contributed by atoms with Gasteiger partial charge in [0.1, 0.15) is 0 Å². The Morgan fingerprint density at radius 1 is 1.14 bits per heavy atom. The van der Waals surface area contributed by atoms with Crippen LogP contribution in [0.15, 0.2) is 42.5 Å². The number of nitro groups is 1. The summed E-state index contributed by atoms with van der Waals surface area (Å²) in [5.74, 6) is -0.311. The van der Waals surface area contributed by atoms with Crippen LogP contribution in [-0.2, 0) is 0 Å². The van der Waals surface area contributed by atoms with Crippen molar-refractivity contribution in [2.24, 2.45) is 0 Å². The second-order valence-corrected chi connectivity index (χ2v) is 5.31. The van der Waals surface area contributed by atoms with E-state index in [-0.39, 0.29) is 17.6 Å². The third-order valence-electron chi connectivity index (χ3n) is 3.67. The highest BCUT2D eigenvalue weighted by molar-refractivity contribution is 5.96. The van der Waals surface area contributed by atoms with E-state index in [1.54, 1.807) is 13.0 Å². The minimum Gasteiger partial charge on any atom is -0.346 e. The Kier molecular flexibility index (Phi) is 4.56. The smallest absolute Gasteiger partial charge is 0.273 e. The minimum absolute atomic E-state index is 0.0457. The lowest BCUT2D eigenvalue weighted by molar-refractivity contribution is -0.385. The first-order chi connectivity index (χ1) is 10.4. The van der Waals surface area contributed by atoms with Gasteiger partial charge in [-0.2, -0.15) is 0 Å². The fourth-order valence-electron chi connectivity index (χ4n) is 2.28. The maximum atomic E-state index is 12.4. The molecule has 2 aromatic rings.